The maximum absolute atomic E-state index is 13.5. The molecule has 3 rings (SSSR count). The molecular weight excluding hydrogens is 483 g/mol. The van der Waals surface area contributed by atoms with E-state index in [2.05, 4.69) is 19.2 Å². The minimum absolute atomic E-state index is 0.125. The number of benzene rings is 2. The molecule has 1 N–H and O–H groups in total. The van der Waals surface area contributed by atoms with E-state index in [4.69, 9.17) is 27.9 Å². The Kier molecular flexibility index (Phi) is 10.3. The Morgan fingerprint density at radius 2 is 1.80 bits per heavy atom. The van der Waals surface area contributed by atoms with Gasteiger partial charge in [-0.15, -0.1) is 0 Å². The van der Waals surface area contributed by atoms with Crippen LogP contribution in [0.1, 0.15) is 76.3 Å². The van der Waals surface area contributed by atoms with Crippen molar-refractivity contribution in [1.82, 2.24) is 10.2 Å². The molecule has 1 aliphatic rings. The maximum atomic E-state index is 13.5. The molecule has 5 nitrogen and oxygen atoms in total. The number of nitrogens with one attached hydrogen (secondary N) is 1. The molecule has 0 bridgehead atoms. The SMILES string of the molecule is CC[C@@H](C(=O)NC1CCCCC1)N(Cc1ccc(Cl)cc1Cl)C(=O)COc1ccccc1C(C)C. The summed E-state index contributed by atoms with van der Waals surface area (Å²) in [5, 5.41) is 4.17. The van der Waals surface area contributed by atoms with Gasteiger partial charge in [-0.3, -0.25) is 9.59 Å². The molecule has 0 spiro atoms. The molecule has 0 aromatic heterocycles. The van der Waals surface area contributed by atoms with Crippen LogP contribution < -0.4 is 10.1 Å². The number of nitrogens with zero attached hydrogens (tertiary/aromatic N) is 1. The summed E-state index contributed by atoms with van der Waals surface area (Å²) >= 11 is 12.5. The molecule has 2 amide bonds. The van der Waals surface area contributed by atoms with Crippen LogP contribution in [-0.2, 0) is 16.1 Å². The van der Waals surface area contributed by atoms with E-state index in [0.29, 0.717) is 22.2 Å². The van der Waals surface area contributed by atoms with Gasteiger partial charge in [0.15, 0.2) is 6.61 Å². The van der Waals surface area contributed by atoms with E-state index < -0.39 is 6.04 Å². The predicted molar refractivity (Wildman–Crippen MR) is 142 cm³/mol. The number of para-hydroxylation sites is 1. The number of carbonyl (C=O) groups excluding carboxylic acids is 2. The molecule has 190 valence electrons. The van der Waals surface area contributed by atoms with Crippen LogP contribution >= 0.6 is 23.2 Å². The Hall–Kier alpha value is -2.24. The molecule has 2 aromatic rings. The summed E-state index contributed by atoms with van der Waals surface area (Å²) in [6.45, 7) is 6.12. The van der Waals surface area contributed by atoms with Crippen molar-refractivity contribution >= 4 is 35.0 Å². The van der Waals surface area contributed by atoms with Gasteiger partial charge < -0.3 is 15.0 Å². The first kappa shape index (κ1) is 27.3. The second-order valence-corrected chi connectivity index (χ2v) is 10.3. The Morgan fingerprint density at radius 1 is 1.09 bits per heavy atom. The van der Waals surface area contributed by atoms with Crippen molar-refractivity contribution in [3.63, 3.8) is 0 Å². The van der Waals surface area contributed by atoms with Crippen molar-refractivity contribution in [2.75, 3.05) is 6.61 Å². The zero-order chi connectivity index (χ0) is 25.4. The molecule has 35 heavy (non-hydrogen) atoms. The van der Waals surface area contributed by atoms with Gasteiger partial charge in [-0.2, -0.15) is 0 Å². The predicted octanol–water partition coefficient (Wildman–Crippen LogP) is 6.75. The lowest BCUT2D eigenvalue weighted by molar-refractivity contribution is -0.143. The van der Waals surface area contributed by atoms with E-state index in [-0.39, 0.29) is 36.9 Å². The molecule has 7 heteroatoms. The van der Waals surface area contributed by atoms with Crippen molar-refractivity contribution in [2.45, 2.75) is 83.8 Å². The summed E-state index contributed by atoms with van der Waals surface area (Å²) in [5.74, 6) is 0.551. The summed E-state index contributed by atoms with van der Waals surface area (Å²) in [4.78, 5) is 28.5. The smallest absolute Gasteiger partial charge is 0.261 e. The van der Waals surface area contributed by atoms with Gasteiger partial charge in [-0.1, -0.05) is 87.5 Å². The van der Waals surface area contributed by atoms with E-state index >= 15 is 0 Å². The minimum Gasteiger partial charge on any atom is -0.483 e. The number of hydrogen-bond donors (Lipinski definition) is 1. The fourth-order valence-electron chi connectivity index (χ4n) is 4.61. The standard InChI is InChI=1S/C28H36Cl2N2O3/c1-4-25(28(34)31-22-10-6-5-7-11-22)32(17-20-14-15-21(29)16-24(20)30)27(33)18-35-26-13-9-8-12-23(26)19(2)3/h8-9,12-16,19,22,25H,4-7,10-11,17-18H2,1-3H3,(H,31,34)/t25-/m0/s1. The highest BCUT2D eigenvalue weighted by molar-refractivity contribution is 6.35. The lowest BCUT2D eigenvalue weighted by atomic mass is 9.95. The molecular formula is C28H36Cl2N2O3. The molecule has 0 unspecified atom stereocenters. The number of ether oxygens (including phenoxy) is 1. The molecule has 2 aromatic carbocycles. The number of carbonyl (C=O) groups is 2. The molecule has 1 saturated carbocycles. The van der Waals surface area contributed by atoms with Crippen LogP contribution in [0, 0.1) is 0 Å². The topological polar surface area (TPSA) is 58.6 Å². The monoisotopic (exact) mass is 518 g/mol. The summed E-state index contributed by atoms with van der Waals surface area (Å²) in [6, 6.07) is 12.5. The van der Waals surface area contributed by atoms with Crippen LogP contribution in [0.25, 0.3) is 0 Å². The zero-order valence-electron chi connectivity index (χ0n) is 20.9. The lowest BCUT2D eigenvalue weighted by Crippen LogP contribution is -2.52. The number of amides is 2. The zero-order valence-corrected chi connectivity index (χ0v) is 22.4. The van der Waals surface area contributed by atoms with Gasteiger partial charge in [0.05, 0.1) is 0 Å². The molecule has 0 aliphatic heterocycles. The van der Waals surface area contributed by atoms with Gasteiger partial charge >= 0.3 is 0 Å². The van der Waals surface area contributed by atoms with E-state index in [0.717, 1.165) is 36.8 Å². The van der Waals surface area contributed by atoms with E-state index in [1.807, 2.05) is 31.2 Å². The minimum atomic E-state index is -0.625. The molecule has 0 heterocycles. The number of halogens is 2. The summed E-state index contributed by atoms with van der Waals surface area (Å²) in [6.07, 6.45) is 5.89. The van der Waals surface area contributed by atoms with Gasteiger partial charge in [-0.25, -0.2) is 0 Å². The summed E-state index contributed by atoms with van der Waals surface area (Å²) in [5.41, 5.74) is 1.77. The maximum Gasteiger partial charge on any atom is 0.261 e. The van der Waals surface area contributed by atoms with Crippen LogP contribution in [-0.4, -0.2) is 35.4 Å². The summed E-state index contributed by atoms with van der Waals surface area (Å²) in [7, 11) is 0. The van der Waals surface area contributed by atoms with Crippen molar-refractivity contribution in [3.05, 3.63) is 63.6 Å². The third kappa shape index (κ3) is 7.62. The molecule has 1 fully saturated rings. The highest BCUT2D eigenvalue weighted by Gasteiger charge is 2.31. The molecule has 0 radical (unpaired) electrons. The first-order valence-electron chi connectivity index (χ1n) is 12.6. The van der Waals surface area contributed by atoms with E-state index in [1.54, 1.807) is 23.1 Å². The van der Waals surface area contributed by atoms with Gasteiger partial charge in [0.1, 0.15) is 11.8 Å². The Bertz CT molecular complexity index is 1010. The van der Waals surface area contributed by atoms with Gasteiger partial charge in [0, 0.05) is 22.6 Å². The van der Waals surface area contributed by atoms with Gasteiger partial charge in [-0.05, 0) is 54.5 Å². The van der Waals surface area contributed by atoms with Gasteiger partial charge in [0.25, 0.3) is 5.91 Å². The average Bonchev–Trinajstić information content (AvgIpc) is 2.84. The quantitative estimate of drug-likeness (QED) is 0.378. The lowest BCUT2D eigenvalue weighted by Gasteiger charge is -2.33. The van der Waals surface area contributed by atoms with Crippen LogP contribution in [0.3, 0.4) is 0 Å². The second kappa shape index (κ2) is 13.2. The van der Waals surface area contributed by atoms with Crippen molar-refractivity contribution < 1.29 is 14.3 Å². The Balaban J connectivity index is 1.81. The highest BCUT2D eigenvalue weighted by atomic mass is 35.5. The van der Waals surface area contributed by atoms with Crippen molar-refractivity contribution in [1.29, 1.82) is 0 Å². The van der Waals surface area contributed by atoms with Crippen molar-refractivity contribution in [2.24, 2.45) is 0 Å². The Morgan fingerprint density at radius 3 is 2.46 bits per heavy atom. The number of rotatable bonds is 10. The van der Waals surface area contributed by atoms with Gasteiger partial charge in [0.2, 0.25) is 5.91 Å². The Labute approximate surface area is 219 Å². The molecule has 1 atom stereocenters. The highest BCUT2D eigenvalue weighted by Crippen LogP contribution is 2.27. The second-order valence-electron chi connectivity index (χ2n) is 9.51. The summed E-state index contributed by atoms with van der Waals surface area (Å²) < 4.78 is 5.98. The third-order valence-corrected chi connectivity index (χ3v) is 7.17. The number of hydrogen-bond acceptors (Lipinski definition) is 3. The molecule has 0 saturated heterocycles. The van der Waals surface area contributed by atoms with Crippen LogP contribution in [0.15, 0.2) is 42.5 Å². The van der Waals surface area contributed by atoms with Crippen LogP contribution in [0.4, 0.5) is 0 Å². The first-order valence-corrected chi connectivity index (χ1v) is 13.3. The fraction of sp³-hybridized carbons (Fsp3) is 0.500. The first-order chi connectivity index (χ1) is 16.8. The van der Waals surface area contributed by atoms with E-state index in [1.165, 1.54) is 6.42 Å². The van der Waals surface area contributed by atoms with Crippen LogP contribution in [0.5, 0.6) is 5.75 Å². The average molecular weight is 520 g/mol. The van der Waals surface area contributed by atoms with E-state index in [9.17, 15) is 9.59 Å². The van der Waals surface area contributed by atoms with Crippen molar-refractivity contribution in [3.8, 4) is 5.75 Å². The molecule has 1 aliphatic carbocycles. The largest absolute Gasteiger partial charge is 0.483 e. The normalized spacial score (nSPS) is 15.0. The van der Waals surface area contributed by atoms with Crippen LogP contribution in [0.2, 0.25) is 10.0 Å². The third-order valence-electron chi connectivity index (χ3n) is 6.59. The fourth-order valence-corrected chi connectivity index (χ4v) is 5.08.